The number of hydrogen-bond donors (Lipinski definition) is 1. The van der Waals surface area contributed by atoms with Crippen LogP contribution in [0.2, 0.25) is 0 Å². The summed E-state index contributed by atoms with van der Waals surface area (Å²) >= 11 is 0. The van der Waals surface area contributed by atoms with Gasteiger partial charge in [0.05, 0.1) is 4.90 Å². The lowest BCUT2D eigenvalue weighted by Crippen LogP contribution is -2.50. The Hall–Kier alpha value is -1.47. The van der Waals surface area contributed by atoms with Crippen molar-refractivity contribution >= 4 is 15.9 Å². The minimum absolute atomic E-state index is 0.0863. The fraction of sp³-hybridized carbons (Fsp3) is 0.562. The highest BCUT2D eigenvalue weighted by Gasteiger charge is 2.42. The van der Waals surface area contributed by atoms with E-state index in [0.29, 0.717) is 25.4 Å². The van der Waals surface area contributed by atoms with E-state index in [0.717, 1.165) is 18.9 Å². The number of piperidine rings is 1. The summed E-state index contributed by atoms with van der Waals surface area (Å²) in [6, 6.07) is 4.62. The number of amides is 1. The highest BCUT2D eigenvalue weighted by atomic mass is 32.2. The zero-order valence-corrected chi connectivity index (χ0v) is 13.9. The number of benzene rings is 1. The van der Waals surface area contributed by atoms with Crippen molar-refractivity contribution in [3.05, 3.63) is 30.1 Å². The van der Waals surface area contributed by atoms with Crippen LogP contribution in [-0.4, -0.2) is 38.4 Å². The van der Waals surface area contributed by atoms with Gasteiger partial charge in [-0.15, -0.1) is 0 Å². The molecular formula is C16H21FN2O3S. The second-order valence-electron chi connectivity index (χ2n) is 6.52. The molecular weight excluding hydrogens is 319 g/mol. The van der Waals surface area contributed by atoms with Crippen LogP contribution in [0.1, 0.15) is 26.2 Å². The Bertz CT molecular complexity index is 707. The fourth-order valence-electron chi connectivity index (χ4n) is 3.10. The quantitative estimate of drug-likeness (QED) is 0.908. The average Bonchev–Trinajstić information content (AvgIpc) is 3.23. The lowest BCUT2D eigenvalue weighted by molar-refractivity contribution is -0.134. The minimum Gasteiger partial charge on any atom is -0.341 e. The van der Waals surface area contributed by atoms with E-state index in [1.807, 2.05) is 0 Å². The first-order valence-corrected chi connectivity index (χ1v) is 9.42. The first kappa shape index (κ1) is 16.4. The van der Waals surface area contributed by atoms with Crippen molar-refractivity contribution in [1.29, 1.82) is 0 Å². The summed E-state index contributed by atoms with van der Waals surface area (Å²) in [6.07, 6.45) is 2.37. The summed E-state index contributed by atoms with van der Waals surface area (Å²) in [5.41, 5.74) is 0. The minimum atomic E-state index is -3.77. The van der Waals surface area contributed by atoms with E-state index in [4.69, 9.17) is 0 Å². The predicted molar refractivity (Wildman–Crippen MR) is 83.6 cm³/mol. The summed E-state index contributed by atoms with van der Waals surface area (Å²) < 4.78 is 40.5. The van der Waals surface area contributed by atoms with Crippen LogP contribution >= 0.6 is 0 Å². The van der Waals surface area contributed by atoms with Gasteiger partial charge in [-0.05, 0) is 43.4 Å². The number of carbonyl (C=O) groups excluding carboxylic acids is 1. The number of likely N-dealkylation sites (tertiary alicyclic amines) is 1. The highest BCUT2D eigenvalue weighted by Crippen LogP contribution is 2.39. The third-order valence-corrected chi connectivity index (χ3v) is 6.11. The normalized spacial score (nSPS) is 27.7. The molecule has 0 spiro atoms. The molecule has 2 aliphatic rings. The maximum Gasteiger partial charge on any atom is 0.240 e. The molecule has 1 N–H and O–H groups in total. The lowest BCUT2D eigenvalue weighted by Gasteiger charge is -2.33. The van der Waals surface area contributed by atoms with Crippen LogP contribution in [-0.2, 0) is 14.8 Å². The van der Waals surface area contributed by atoms with Crippen LogP contribution in [0, 0.1) is 17.7 Å². The maximum atomic E-state index is 13.2. The number of halogens is 1. The molecule has 7 heteroatoms. The van der Waals surface area contributed by atoms with Crippen molar-refractivity contribution in [3.8, 4) is 0 Å². The van der Waals surface area contributed by atoms with Gasteiger partial charge >= 0.3 is 0 Å². The molecule has 1 aromatic rings. The molecule has 5 nitrogen and oxygen atoms in total. The Balaban J connectivity index is 1.66. The number of nitrogens with zero attached hydrogens (tertiary/aromatic N) is 1. The second-order valence-corrected chi connectivity index (χ2v) is 8.24. The van der Waals surface area contributed by atoms with Gasteiger partial charge in [-0.3, -0.25) is 4.79 Å². The molecule has 1 amide bonds. The monoisotopic (exact) mass is 340 g/mol. The molecule has 0 bridgehead atoms. The molecule has 2 fully saturated rings. The lowest BCUT2D eigenvalue weighted by atomic mass is 10.1. The van der Waals surface area contributed by atoms with Crippen LogP contribution < -0.4 is 4.72 Å². The van der Waals surface area contributed by atoms with Gasteiger partial charge in [0.25, 0.3) is 0 Å². The van der Waals surface area contributed by atoms with Crippen molar-refractivity contribution in [3.63, 3.8) is 0 Å². The summed E-state index contributed by atoms with van der Waals surface area (Å²) in [7, 11) is -3.77. The summed E-state index contributed by atoms with van der Waals surface area (Å²) in [4.78, 5) is 14.0. The van der Waals surface area contributed by atoms with Gasteiger partial charge < -0.3 is 4.90 Å². The summed E-state index contributed by atoms with van der Waals surface area (Å²) in [5.74, 6) is 0.0867. The number of hydrogen-bond acceptors (Lipinski definition) is 3. The summed E-state index contributed by atoms with van der Waals surface area (Å²) in [6.45, 7) is 3.12. The third kappa shape index (κ3) is 3.72. The van der Waals surface area contributed by atoms with Gasteiger partial charge in [0.1, 0.15) is 5.82 Å². The number of nitrogens with one attached hydrogen (secondary N) is 1. The molecule has 1 aliphatic carbocycles. The van der Waals surface area contributed by atoms with E-state index in [1.165, 1.54) is 18.2 Å². The molecule has 0 unspecified atom stereocenters. The highest BCUT2D eigenvalue weighted by molar-refractivity contribution is 7.89. The third-order valence-electron chi connectivity index (χ3n) is 4.59. The van der Waals surface area contributed by atoms with E-state index in [9.17, 15) is 17.6 Å². The Morgan fingerprint density at radius 2 is 2.13 bits per heavy atom. The zero-order valence-electron chi connectivity index (χ0n) is 13.0. The van der Waals surface area contributed by atoms with Gasteiger partial charge in [0.2, 0.25) is 15.9 Å². The van der Waals surface area contributed by atoms with E-state index in [-0.39, 0.29) is 22.8 Å². The van der Waals surface area contributed by atoms with E-state index < -0.39 is 15.8 Å². The molecule has 3 rings (SSSR count). The molecule has 1 saturated carbocycles. The number of sulfonamides is 1. The van der Waals surface area contributed by atoms with E-state index >= 15 is 0 Å². The van der Waals surface area contributed by atoms with E-state index in [1.54, 1.807) is 4.90 Å². The first-order chi connectivity index (χ1) is 10.9. The molecule has 126 valence electrons. The molecule has 1 heterocycles. The van der Waals surface area contributed by atoms with Crippen LogP contribution in [0.4, 0.5) is 4.39 Å². The second kappa shape index (κ2) is 6.20. The summed E-state index contributed by atoms with van der Waals surface area (Å²) in [5, 5.41) is 0. The molecule has 23 heavy (non-hydrogen) atoms. The largest absolute Gasteiger partial charge is 0.341 e. The van der Waals surface area contributed by atoms with Gasteiger partial charge in [-0.1, -0.05) is 13.0 Å². The van der Waals surface area contributed by atoms with Crippen LogP contribution in [0.25, 0.3) is 0 Å². The van der Waals surface area contributed by atoms with Gasteiger partial charge in [0, 0.05) is 25.0 Å². The van der Waals surface area contributed by atoms with Gasteiger partial charge in [-0.2, -0.15) is 0 Å². The molecule has 3 atom stereocenters. The van der Waals surface area contributed by atoms with Crippen molar-refractivity contribution < 1.29 is 17.6 Å². The SMILES string of the molecule is C[C@@H]1C[C@@H]1C(=O)N1CCC[C@@H](NS(=O)(=O)c2cccc(F)c2)C1. The molecule has 1 aliphatic heterocycles. The fourth-order valence-corrected chi connectivity index (χ4v) is 4.39. The molecule has 1 saturated heterocycles. The van der Waals surface area contributed by atoms with Crippen LogP contribution in [0.3, 0.4) is 0 Å². The predicted octanol–water partition coefficient (Wildman–Crippen LogP) is 1.75. The van der Waals surface area contributed by atoms with Crippen LogP contribution in [0.15, 0.2) is 29.2 Å². The first-order valence-electron chi connectivity index (χ1n) is 7.93. The zero-order chi connectivity index (χ0) is 16.6. The average molecular weight is 340 g/mol. The Morgan fingerprint density at radius 1 is 1.39 bits per heavy atom. The number of rotatable bonds is 4. The Morgan fingerprint density at radius 3 is 2.78 bits per heavy atom. The molecule has 0 radical (unpaired) electrons. The maximum absolute atomic E-state index is 13.2. The molecule has 0 aromatic heterocycles. The van der Waals surface area contributed by atoms with Crippen molar-refractivity contribution in [2.75, 3.05) is 13.1 Å². The number of carbonyl (C=O) groups is 1. The van der Waals surface area contributed by atoms with Crippen molar-refractivity contribution in [2.45, 2.75) is 37.1 Å². The van der Waals surface area contributed by atoms with Crippen molar-refractivity contribution in [1.82, 2.24) is 9.62 Å². The molecule has 1 aromatic carbocycles. The topological polar surface area (TPSA) is 66.5 Å². The smallest absolute Gasteiger partial charge is 0.240 e. The van der Waals surface area contributed by atoms with E-state index in [2.05, 4.69) is 11.6 Å². The van der Waals surface area contributed by atoms with Crippen LogP contribution in [0.5, 0.6) is 0 Å². The Kier molecular flexibility index (Phi) is 4.42. The van der Waals surface area contributed by atoms with Gasteiger partial charge in [-0.25, -0.2) is 17.5 Å². The van der Waals surface area contributed by atoms with Gasteiger partial charge in [0.15, 0.2) is 0 Å². The van der Waals surface area contributed by atoms with Crippen molar-refractivity contribution in [2.24, 2.45) is 11.8 Å². The standard InChI is InChI=1S/C16H21FN2O3S/c1-11-8-15(11)16(20)19-7-3-5-13(10-19)18-23(21,22)14-6-2-4-12(17)9-14/h2,4,6,9,11,13,15,18H,3,5,7-8,10H2,1H3/t11-,13-,15+/m1/s1. The Labute approximate surface area is 135 Å².